The molecule has 9 heteroatoms. The first-order chi connectivity index (χ1) is 13.9. The van der Waals surface area contributed by atoms with Gasteiger partial charge in [0.1, 0.15) is 11.5 Å². The molecule has 0 aliphatic rings. The van der Waals surface area contributed by atoms with Crippen molar-refractivity contribution in [3.63, 3.8) is 0 Å². The fraction of sp³-hybridized carbons (Fsp3) is 0.227. The van der Waals surface area contributed by atoms with Crippen molar-refractivity contribution in [3.8, 4) is 11.1 Å². The summed E-state index contributed by atoms with van der Waals surface area (Å²) in [6.45, 7) is 2.31. The van der Waals surface area contributed by atoms with Crippen molar-refractivity contribution < 1.29 is 78.9 Å². The third kappa shape index (κ3) is 6.68. The van der Waals surface area contributed by atoms with E-state index >= 15 is 0 Å². The molecule has 0 amide bonds. The molecule has 0 saturated heterocycles. The SMILES string of the molecule is CCCCc1nc(Cl)c(C(=O)[O-])n1Cc1ccc(-c2ccccc2C(=O)[O-])cc1.[Na+].[Na+]. The van der Waals surface area contributed by atoms with Gasteiger partial charge in [-0.25, -0.2) is 4.98 Å². The molecule has 0 spiro atoms. The van der Waals surface area contributed by atoms with Crippen molar-refractivity contribution in [1.82, 2.24) is 9.55 Å². The van der Waals surface area contributed by atoms with Gasteiger partial charge >= 0.3 is 59.1 Å². The van der Waals surface area contributed by atoms with Crippen LogP contribution in [0.1, 0.15) is 52.0 Å². The number of carboxylic acid groups (broad SMARTS) is 2. The molecule has 150 valence electrons. The van der Waals surface area contributed by atoms with E-state index in [0.717, 1.165) is 24.0 Å². The number of aryl methyl sites for hydroxylation is 1. The summed E-state index contributed by atoms with van der Waals surface area (Å²) in [7, 11) is 0. The van der Waals surface area contributed by atoms with Gasteiger partial charge in [-0.2, -0.15) is 0 Å². The monoisotopic (exact) mass is 456 g/mol. The van der Waals surface area contributed by atoms with Crippen LogP contribution in [0.4, 0.5) is 0 Å². The predicted octanol–water partition coefficient (Wildman–Crippen LogP) is -3.67. The molecule has 3 rings (SSSR count). The van der Waals surface area contributed by atoms with E-state index in [-0.39, 0.29) is 82.1 Å². The quantitative estimate of drug-likeness (QED) is 0.325. The van der Waals surface area contributed by atoms with Crippen LogP contribution in [-0.2, 0) is 13.0 Å². The van der Waals surface area contributed by atoms with Gasteiger partial charge in [-0.15, -0.1) is 0 Å². The fourth-order valence-electron chi connectivity index (χ4n) is 3.24. The Balaban J connectivity index is 0.00000240. The van der Waals surface area contributed by atoms with E-state index in [1.165, 1.54) is 6.07 Å². The number of hydrogen-bond donors (Lipinski definition) is 0. The van der Waals surface area contributed by atoms with E-state index < -0.39 is 11.9 Å². The molecular formula is C22H19ClN2Na2O4. The molecule has 0 aliphatic carbocycles. The number of aromatic nitrogens is 2. The van der Waals surface area contributed by atoms with E-state index in [2.05, 4.69) is 4.98 Å². The van der Waals surface area contributed by atoms with Gasteiger partial charge in [0.05, 0.1) is 11.9 Å². The Morgan fingerprint density at radius 1 is 1.00 bits per heavy atom. The Hall–Kier alpha value is -1.12. The number of benzene rings is 2. The summed E-state index contributed by atoms with van der Waals surface area (Å²) in [4.78, 5) is 27.1. The minimum Gasteiger partial charge on any atom is -0.545 e. The first-order valence-corrected chi connectivity index (χ1v) is 9.66. The number of carbonyl (C=O) groups excluding carboxylic acids is 2. The number of imidazole rings is 1. The molecule has 1 heterocycles. The Morgan fingerprint density at radius 3 is 2.23 bits per heavy atom. The smallest absolute Gasteiger partial charge is 0.545 e. The maximum Gasteiger partial charge on any atom is 1.00 e. The third-order valence-electron chi connectivity index (χ3n) is 4.70. The molecule has 2 aromatic carbocycles. The van der Waals surface area contributed by atoms with Crippen LogP contribution in [-0.4, -0.2) is 21.5 Å². The van der Waals surface area contributed by atoms with Gasteiger partial charge < -0.3 is 24.4 Å². The number of halogens is 1. The van der Waals surface area contributed by atoms with Crippen LogP contribution in [0.3, 0.4) is 0 Å². The number of carboxylic acids is 2. The number of unbranched alkanes of at least 4 members (excludes halogenated alkanes) is 1. The van der Waals surface area contributed by atoms with Gasteiger partial charge in [-0.05, 0) is 23.1 Å². The first kappa shape index (κ1) is 27.9. The molecule has 6 nitrogen and oxygen atoms in total. The Kier molecular flexibility index (Phi) is 11.5. The second kappa shape index (κ2) is 12.8. The average molecular weight is 457 g/mol. The summed E-state index contributed by atoms with van der Waals surface area (Å²) in [5.74, 6) is -2.01. The number of hydrogen-bond acceptors (Lipinski definition) is 5. The van der Waals surface area contributed by atoms with Crippen molar-refractivity contribution in [2.45, 2.75) is 32.7 Å². The number of carbonyl (C=O) groups is 2. The zero-order valence-corrected chi connectivity index (χ0v) is 22.6. The molecule has 0 saturated carbocycles. The Labute approximate surface area is 230 Å². The summed E-state index contributed by atoms with van der Waals surface area (Å²) in [6.07, 6.45) is 2.41. The molecule has 0 N–H and O–H groups in total. The van der Waals surface area contributed by atoms with E-state index in [9.17, 15) is 19.8 Å². The molecule has 1 aromatic heterocycles. The maximum atomic E-state index is 11.5. The molecule has 3 aromatic rings. The van der Waals surface area contributed by atoms with Gasteiger partial charge in [0, 0.05) is 18.5 Å². The molecule has 31 heavy (non-hydrogen) atoms. The van der Waals surface area contributed by atoms with Crippen LogP contribution in [0.5, 0.6) is 0 Å². The van der Waals surface area contributed by atoms with Gasteiger partial charge in [0.2, 0.25) is 0 Å². The normalized spacial score (nSPS) is 10.1. The van der Waals surface area contributed by atoms with Crippen LogP contribution in [0.2, 0.25) is 5.15 Å². The van der Waals surface area contributed by atoms with Crippen LogP contribution < -0.4 is 69.3 Å². The zero-order chi connectivity index (χ0) is 21.0. The van der Waals surface area contributed by atoms with Crippen LogP contribution in [0.25, 0.3) is 11.1 Å². The van der Waals surface area contributed by atoms with Gasteiger partial charge in [0.15, 0.2) is 5.15 Å². The van der Waals surface area contributed by atoms with Crippen molar-refractivity contribution in [1.29, 1.82) is 0 Å². The summed E-state index contributed by atoms with van der Waals surface area (Å²) < 4.78 is 1.57. The summed E-state index contributed by atoms with van der Waals surface area (Å²) >= 11 is 6.03. The topological polar surface area (TPSA) is 98.1 Å². The minimum atomic E-state index is -1.37. The van der Waals surface area contributed by atoms with Crippen molar-refractivity contribution in [2.75, 3.05) is 0 Å². The molecule has 0 aliphatic heterocycles. The number of rotatable bonds is 8. The molecule has 0 radical (unpaired) electrons. The van der Waals surface area contributed by atoms with E-state index in [1.54, 1.807) is 34.9 Å². The van der Waals surface area contributed by atoms with Crippen LogP contribution >= 0.6 is 11.6 Å². The number of nitrogens with zero attached hydrogens (tertiary/aromatic N) is 2. The van der Waals surface area contributed by atoms with Gasteiger partial charge in [-0.1, -0.05) is 73.5 Å². The first-order valence-electron chi connectivity index (χ1n) is 9.28. The predicted molar refractivity (Wildman–Crippen MR) is 105 cm³/mol. The van der Waals surface area contributed by atoms with Gasteiger partial charge in [0.25, 0.3) is 0 Å². The summed E-state index contributed by atoms with van der Waals surface area (Å²) in [6, 6.07) is 13.8. The summed E-state index contributed by atoms with van der Waals surface area (Å²) in [5.41, 5.74) is 2.09. The standard InChI is InChI=1S/C22H21ClN2O4.2Na/c1-2-3-8-18-24-20(23)19(22(28)29)25(18)13-14-9-11-15(12-10-14)16-6-4-5-7-17(16)21(26)27;;/h4-7,9-12H,2-3,8,13H2,1H3,(H,26,27)(H,28,29);;/q;2*+1/p-2. The van der Waals surface area contributed by atoms with Crippen LogP contribution in [0.15, 0.2) is 48.5 Å². The Morgan fingerprint density at radius 2 is 1.65 bits per heavy atom. The van der Waals surface area contributed by atoms with Crippen molar-refractivity contribution >= 4 is 23.5 Å². The van der Waals surface area contributed by atoms with Crippen molar-refractivity contribution in [3.05, 3.63) is 76.3 Å². The third-order valence-corrected chi connectivity index (χ3v) is 4.97. The fourth-order valence-corrected chi connectivity index (χ4v) is 3.52. The largest absolute Gasteiger partial charge is 1.00 e. The number of aromatic carboxylic acids is 2. The minimum absolute atomic E-state index is 0. The molecular weight excluding hydrogens is 438 g/mol. The molecule has 0 fully saturated rings. The second-order valence-corrected chi connectivity index (χ2v) is 7.03. The van der Waals surface area contributed by atoms with E-state index in [1.807, 2.05) is 19.1 Å². The van der Waals surface area contributed by atoms with E-state index in [0.29, 0.717) is 17.8 Å². The van der Waals surface area contributed by atoms with Crippen LogP contribution in [0, 0.1) is 0 Å². The maximum absolute atomic E-state index is 11.5. The van der Waals surface area contributed by atoms with Crippen molar-refractivity contribution in [2.24, 2.45) is 0 Å². The molecule has 0 unspecified atom stereocenters. The van der Waals surface area contributed by atoms with Gasteiger partial charge in [-0.3, -0.25) is 0 Å². The zero-order valence-electron chi connectivity index (χ0n) is 17.9. The molecule has 0 bridgehead atoms. The average Bonchev–Trinajstić information content (AvgIpc) is 3.02. The van der Waals surface area contributed by atoms with E-state index in [4.69, 9.17) is 11.6 Å². The summed E-state index contributed by atoms with van der Waals surface area (Å²) in [5, 5.41) is 22.8. The second-order valence-electron chi connectivity index (χ2n) is 6.67. The molecule has 0 atom stereocenters. The Bertz CT molecular complexity index is 1050.